The Hall–Kier alpha value is -4.21. The third-order valence-corrected chi connectivity index (χ3v) is 5.13. The molecule has 2 N–H and O–H groups in total. The molecule has 0 aliphatic rings. The van der Waals surface area contributed by atoms with Crippen LogP contribution in [0.2, 0.25) is 0 Å². The van der Waals surface area contributed by atoms with Gasteiger partial charge >= 0.3 is 5.97 Å². The maximum absolute atomic E-state index is 14.0. The number of furan rings is 1. The third-order valence-electron chi connectivity index (χ3n) is 5.13. The topological polar surface area (TPSA) is 98.4 Å². The molecule has 0 fully saturated rings. The van der Waals surface area contributed by atoms with Crippen LogP contribution in [0, 0.1) is 11.6 Å². The van der Waals surface area contributed by atoms with Crippen molar-refractivity contribution >= 4 is 34.3 Å². The van der Waals surface area contributed by atoms with E-state index in [1.165, 1.54) is 44.0 Å². The summed E-state index contributed by atoms with van der Waals surface area (Å²) in [5.74, 6) is -3.00. The van der Waals surface area contributed by atoms with Crippen LogP contribution in [0.15, 0.2) is 53.5 Å². The van der Waals surface area contributed by atoms with Gasteiger partial charge in [0, 0.05) is 24.0 Å². The molecule has 8 nitrogen and oxygen atoms in total. The second kappa shape index (κ2) is 9.11. The van der Waals surface area contributed by atoms with E-state index in [4.69, 9.17) is 9.15 Å². The zero-order valence-corrected chi connectivity index (χ0v) is 17.8. The number of aromatic nitrogens is 2. The first-order valence-corrected chi connectivity index (χ1v) is 10.1. The standard InChI is InChI=1S/C23H20F2N4O4/c1-3-29-20(23(31)32-2)19(28-22(30)14-7-8-33-12-14)16-9-15(11-27-21(16)29)26-10-13-5-4-6-17(24)18(13)25/h4-9,11-12,26H,3,10H2,1-2H3,(H,28,30). The first-order valence-electron chi connectivity index (χ1n) is 10.1. The highest BCUT2D eigenvalue weighted by atomic mass is 19.2. The zero-order chi connectivity index (χ0) is 23.5. The highest BCUT2D eigenvalue weighted by Crippen LogP contribution is 2.33. The Labute approximate surface area is 187 Å². The first-order chi connectivity index (χ1) is 15.9. The second-order valence-corrected chi connectivity index (χ2v) is 7.09. The van der Waals surface area contributed by atoms with Crippen LogP contribution in [-0.2, 0) is 17.8 Å². The van der Waals surface area contributed by atoms with Gasteiger partial charge in [0.15, 0.2) is 17.3 Å². The van der Waals surface area contributed by atoms with E-state index in [0.717, 1.165) is 6.07 Å². The lowest BCUT2D eigenvalue weighted by Crippen LogP contribution is -2.16. The van der Waals surface area contributed by atoms with Crippen LogP contribution in [0.4, 0.5) is 20.2 Å². The Morgan fingerprint density at radius 3 is 2.76 bits per heavy atom. The van der Waals surface area contributed by atoms with Gasteiger partial charge in [-0.1, -0.05) is 12.1 Å². The van der Waals surface area contributed by atoms with Gasteiger partial charge in [-0.3, -0.25) is 4.79 Å². The van der Waals surface area contributed by atoms with Crippen LogP contribution >= 0.6 is 0 Å². The van der Waals surface area contributed by atoms with Gasteiger partial charge in [0.1, 0.15) is 11.9 Å². The van der Waals surface area contributed by atoms with Crippen molar-refractivity contribution < 1.29 is 27.5 Å². The fourth-order valence-electron chi connectivity index (χ4n) is 3.53. The number of esters is 1. The molecule has 0 saturated heterocycles. The molecule has 0 atom stereocenters. The summed E-state index contributed by atoms with van der Waals surface area (Å²) in [7, 11) is 1.25. The molecule has 170 valence electrons. The summed E-state index contributed by atoms with van der Waals surface area (Å²) in [5, 5.41) is 6.21. The molecule has 0 unspecified atom stereocenters. The van der Waals surface area contributed by atoms with Crippen molar-refractivity contribution in [3.63, 3.8) is 0 Å². The van der Waals surface area contributed by atoms with E-state index >= 15 is 0 Å². The number of hydrogen-bond acceptors (Lipinski definition) is 6. The smallest absolute Gasteiger partial charge is 0.356 e. The SMILES string of the molecule is CCn1c(C(=O)OC)c(NC(=O)c2ccoc2)c2cc(NCc3cccc(F)c3F)cnc21. The number of fused-ring (bicyclic) bond motifs is 1. The van der Waals surface area contributed by atoms with E-state index in [1.54, 1.807) is 10.6 Å². The van der Waals surface area contributed by atoms with Crippen LogP contribution in [0.25, 0.3) is 11.0 Å². The van der Waals surface area contributed by atoms with Crippen molar-refractivity contribution in [2.75, 3.05) is 17.7 Å². The van der Waals surface area contributed by atoms with Crippen molar-refractivity contribution in [1.82, 2.24) is 9.55 Å². The molecule has 10 heteroatoms. The normalized spacial score (nSPS) is 10.9. The maximum atomic E-state index is 14.0. The van der Waals surface area contributed by atoms with Crippen LogP contribution in [0.3, 0.4) is 0 Å². The molecule has 3 aromatic heterocycles. The Bertz CT molecular complexity index is 1330. The number of aryl methyl sites for hydroxylation is 1. The number of pyridine rings is 1. The van der Waals surface area contributed by atoms with Gasteiger partial charge in [-0.25, -0.2) is 18.6 Å². The van der Waals surface area contributed by atoms with Crippen LogP contribution in [-0.4, -0.2) is 28.5 Å². The molecule has 0 radical (unpaired) electrons. The number of halogens is 2. The molecular weight excluding hydrogens is 434 g/mol. The van der Waals surface area contributed by atoms with Gasteiger partial charge in [0.2, 0.25) is 0 Å². The molecule has 0 bridgehead atoms. The Kier molecular flexibility index (Phi) is 6.07. The van der Waals surface area contributed by atoms with Crippen molar-refractivity contribution in [2.45, 2.75) is 20.0 Å². The van der Waals surface area contributed by atoms with E-state index in [2.05, 4.69) is 15.6 Å². The number of methoxy groups -OCH3 is 1. The Morgan fingerprint density at radius 2 is 2.06 bits per heavy atom. The van der Waals surface area contributed by atoms with Gasteiger partial charge in [-0.05, 0) is 25.1 Å². The summed E-state index contributed by atoms with van der Waals surface area (Å²) in [6.07, 6.45) is 4.15. The van der Waals surface area contributed by atoms with Gasteiger partial charge in [0.05, 0.1) is 36.5 Å². The Morgan fingerprint density at radius 1 is 1.24 bits per heavy atom. The molecule has 3 heterocycles. The van der Waals surface area contributed by atoms with Gasteiger partial charge in [0.25, 0.3) is 5.91 Å². The van der Waals surface area contributed by atoms with E-state index < -0.39 is 23.5 Å². The minimum Gasteiger partial charge on any atom is -0.472 e. The van der Waals surface area contributed by atoms with Crippen LogP contribution < -0.4 is 10.6 Å². The minimum atomic E-state index is -0.935. The molecular formula is C23H20F2N4O4. The summed E-state index contributed by atoms with van der Waals surface area (Å²) < 4.78 is 39.0. The quantitative estimate of drug-likeness (QED) is 0.397. The van der Waals surface area contributed by atoms with Crippen molar-refractivity contribution in [2.24, 2.45) is 0 Å². The number of amides is 1. The number of rotatable bonds is 7. The second-order valence-electron chi connectivity index (χ2n) is 7.09. The maximum Gasteiger partial charge on any atom is 0.356 e. The molecule has 33 heavy (non-hydrogen) atoms. The number of hydrogen-bond donors (Lipinski definition) is 2. The van der Waals surface area contributed by atoms with Gasteiger partial charge in [-0.2, -0.15) is 0 Å². The van der Waals surface area contributed by atoms with Crippen molar-refractivity contribution in [3.8, 4) is 0 Å². The summed E-state index contributed by atoms with van der Waals surface area (Å²) in [4.78, 5) is 29.7. The molecule has 0 aliphatic carbocycles. The van der Waals surface area contributed by atoms with Crippen molar-refractivity contribution in [1.29, 1.82) is 0 Å². The average Bonchev–Trinajstić information content (AvgIpc) is 3.46. The molecule has 4 rings (SSSR count). The molecule has 1 aromatic carbocycles. The molecule has 1 amide bonds. The summed E-state index contributed by atoms with van der Waals surface area (Å²) in [5.41, 5.74) is 1.69. The largest absolute Gasteiger partial charge is 0.472 e. The zero-order valence-electron chi connectivity index (χ0n) is 17.8. The lowest BCUT2D eigenvalue weighted by atomic mass is 10.2. The van der Waals surface area contributed by atoms with E-state index in [-0.39, 0.29) is 29.1 Å². The number of benzene rings is 1. The molecule has 0 aliphatic heterocycles. The minimum absolute atomic E-state index is 0.00579. The lowest BCUT2D eigenvalue weighted by molar-refractivity contribution is 0.0590. The van der Waals surface area contributed by atoms with E-state index in [9.17, 15) is 18.4 Å². The highest BCUT2D eigenvalue weighted by molar-refractivity contribution is 6.14. The fraction of sp³-hybridized carbons (Fsp3) is 0.174. The highest BCUT2D eigenvalue weighted by Gasteiger charge is 2.26. The third kappa shape index (κ3) is 4.14. The van der Waals surface area contributed by atoms with E-state index in [1.807, 2.05) is 6.92 Å². The van der Waals surface area contributed by atoms with Gasteiger partial charge < -0.3 is 24.4 Å². The van der Waals surface area contributed by atoms with Crippen molar-refractivity contribution in [3.05, 3.63) is 77.5 Å². The number of ether oxygens (including phenoxy) is 1. The number of nitrogens with one attached hydrogen (secondary N) is 2. The predicted molar refractivity (Wildman–Crippen MR) is 117 cm³/mol. The predicted octanol–water partition coefficient (Wildman–Crippen LogP) is 4.58. The number of carbonyl (C=O) groups is 2. The number of anilines is 2. The molecule has 0 saturated carbocycles. The fourth-order valence-corrected chi connectivity index (χ4v) is 3.53. The first kappa shape index (κ1) is 22.0. The van der Waals surface area contributed by atoms with Crippen LogP contribution in [0.5, 0.6) is 0 Å². The molecule has 4 aromatic rings. The average molecular weight is 454 g/mol. The Balaban J connectivity index is 1.76. The monoisotopic (exact) mass is 454 g/mol. The number of nitrogens with zero attached hydrogens (tertiary/aromatic N) is 2. The summed E-state index contributed by atoms with van der Waals surface area (Å²) in [6, 6.07) is 7.10. The summed E-state index contributed by atoms with van der Waals surface area (Å²) >= 11 is 0. The lowest BCUT2D eigenvalue weighted by Gasteiger charge is -2.09. The summed E-state index contributed by atoms with van der Waals surface area (Å²) in [6.45, 7) is 2.22. The molecule has 0 spiro atoms. The number of carbonyl (C=O) groups excluding carboxylic acids is 2. The van der Waals surface area contributed by atoms with Gasteiger partial charge in [-0.15, -0.1) is 0 Å². The van der Waals surface area contributed by atoms with E-state index in [0.29, 0.717) is 23.3 Å². The van der Waals surface area contributed by atoms with Crippen LogP contribution in [0.1, 0.15) is 33.3 Å².